The Balaban J connectivity index is 1.30. The summed E-state index contributed by atoms with van der Waals surface area (Å²) < 4.78 is 19.8. The topological polar surface area (TPSA) is 86.0 Å². The van der Waals surface area contributed by atoms with Crippen LogP contribution in [0.15, 0.2) is 61.1 Å². The van der Waals surface area contributed by atoms with Crippen molar-refractivity contribution >= 4 is 16.9 Å². The second-order valence-electron chi connectivity index (χ2n) is 8.93. The summed E-state index contributed by atoms with van der Waals surface area (Å²) in [6.45, 7) is 2.12. The first-order valence-electron chi connectivity index (χ1n) is 11.5. The van der Waals surface area contributed by atoms with Gasteiger partial charge in [0, 0.05) is 12.1 Å². The molecule has 4 atom stereocenters. The van der Waals surface area contributed by atoms with Crippen molar-refractivity contribution in [2.24, 2.45) is 5.92 Å². The van der Waals surface area contributed by atoms with Gasteiger partial charge in [-0.25, -0.2) is 14.4 Å². The van der Waals surface area contributed by atoms with Gasteiger partial charge in [-0.1, -0.05) is 12.1 Å². The Hall–Kier alpha value is -3.88. The van der Waals surface area contributed by atoms with Crippen LogP contribution in [0.1, 0.15) is 36.5 Å². The zero-order chi connectivity index (χ0) is 23.2. The van der Waals surface area contributed by atoms with Gasteiger partial charge >= 0.3 is 0 Å². The minimum absolute atomic E-state index is 0.0523. The van der Waals surface area contributed by atoms with Crippen LogP contribution in [-0.4, -0.2) is 54.0 Å². The fourth-order valence-corrected chi connectivity index (χ4v) is 5.37. The first-order valence-corrected chi connectivity index (χ1v) is 11.5. The Morgan fingerprint density at radius 3 is 2.76 bits per heavy atom. The summed E-state index contributed by atoms with van der Waals surface area (Å²) in [5.41, 5.74) is 2.26. The van der Waals surface area contributed by atoms with Gasteiger partial charge in [0.25, 0.3) is 5.91 Å². The molecule has 1 saturated heterocycles. The predicted molar refractivity (Wildman–Crippen MR) is 122 cm³/mol. The minimum Gasteiger partial charge on any atom is -0.471 e. The van der Waals surface area contributed by atoms with Gasteiger partial charge in [0.1, 0.15) is 11.9 Å². The lowest BCUT2D eigenvalue weighted by atomic mass is 9.86. The van der Waals surface area contributed by atoms with E-state index in [1.165, 1.54) is 23.1 Å². The van der Waals surface area contributed by atoms with Crippen LogP contribution in [0.5, 0.6) is 5.88 Å². The maximum Gasteiger partial charge on any atom is 0.256 e. The van der Waals surface area contributed by atoms with Gasteiger partial charge in [0.15, 0.2) is 0 Å². The van der Waals surface area contributed by atoms with Crippen molar-refractivity contribution in [1.29, 1.82) is 0 Å². The van der Waals surface area contributed by atoms with Crippen molar-refractivity contribution < 1.29 is 13.9 Å². The molecule has 1 saturated carbocycles. The number of nitrogens with zero attached hydrogens (tertiary/aromatic N) is 6. The average molecular weight is 458 g/mol. The van der Waals surface area contributed by atoms with Crippen LogP contribution in [0.3, 0.4) is 0 Å². The molecule has 0 spiro atoms. The average Bonchev–Trinajstić information content (AvgIpc) is 3.48. The van der Waals surface area contributed by atoms with Crippen LogP contribution in [-0.2, 0) is 0 Å². The molecule has 9 heteroatoms. The molecule has 8 nitrogen and oxygen atoms in total. The molecular formula is C25H23FN6O2. The molecule has 2 aromatic heterocycles. The van der Waals surface area contributed by atoms with Crippen molar-refractivity contribution in [3.63, 3.8) is 0 Å². The molecule has 2 fully saturated rings. The SMILES string of the molecule is CC1C2CCC(Oc3cnc4cc(F)ccc4n3)C(C2)N1C(=O)c1ccccc1-n1nccn1. The zero-order valence-corrected chi connectivity index (χ0v) is 18.6. The summed E-state index contributed by atoms with van der Waals surface area (Å²) in [5.74, 6) is 0.405. The lowest BCUT2D eigenvalue weighted by Gasteiger charge is -2.33. The van der Waals surface area contributed by atoms with E-state index in [-0.39, 0.29) is 29.9 Å². The van der Waals surface area contributed by atoms with E-state index in [2.05, 4.69) is 27.1 Å². The maximum atomic E-state index is 13.9. The highest BCUT2D eigenvalue weighted by atomic mass is 19.1. The molecule has 4 unspecified atom stereocenters. The fourth-order valence-electron chi connectivity index (χ4n) is 5.37. The van der Waals surface area contributed by atoms with E-state index in [9.17, 15) is 9.18 Å². The van der Waals surface area contributed by atoms with Crippen molar-refractivity contribution in [1.82, 2.24) is 29.9 Å². The Morgan fingerprint density at radius 2 is 1.91 bits per heavy atom. The number of halogens is 1. The van der Waals surface area contributed by atoms with Gasteiger partial charge in [-0.15, -0.1) is 0 Å². The fraction of sp³-hybridized carbons (Fsp3) is 0.320. The number of amides is 1. The monoisotopic (exact) mass is 458 g/mol. The quantitative estimate of drug-likeness (QED) is 0.462. The molecule has 6 rings (SSSR count). The lowest BCUT2D eigenvalue weighted by molar-refractivity contribution is 0.0467. The van der Waals surface area contributed by atoms with Gasteiger partial charge in [0.05, 0.1) is 46.9 Å². The molecule has 1 amide bonds. The van der Waals surface area contributed by atoms with Crippen LogP contribution in [0.25, 0.3) is 16.7 Å². The second-order valence-corrected chi connectivity index (χ2v) is 8.93. The highest BCUT2D eigenvalue weighted by molar-refractivity contribution is 5.98. The van der Waals surface area contributed by atoms with E-state index in [0.29, 0.717) is 34.1 Å². The summed E-state index contributed by atoms with van der Waals surface area (Å²) >= 11 is 0. The zero-order valence-electron chi connectivity index (χ0n) is 18.6. The summed E-state index contributed by atoms with van der Waals surface area (Å²) in [7, 11) is 0. The van der Waals surface area contributed by atoms with Crippen LogP contribution in [0, 0.1) is 11.7 Å². The molecule has 4 aromatic rings. The van der Waals surface area contributed by atoms with Crippen molar-refractivity contribution in [2.45, 2.75) is 44.4 Å². The van der Waals surface area contributed by atoms with E-state index in [1.54, 1.807) is 18.5 Å². The number of ether oxygens (including phenoxy) is 1. The Morgan fingerprint density at radius 1 is 1.09 bits per heavy atom. The number of benzene rings is 2. The highest BCUT2D eigenvalue weighted by Gasteiger charge is 2.49. The number of carbonyl (C=O) groups excluding carboxylic acids is 1. The van der Waals surface area contributed by atoms with Crippen molar-refractivity contribution in [2.75, 3.05) is 0 Å². The largest absolute Gasteiger partial charge is 0.471 e. The number of rotatable bonds is 4. The summed E-state index contributed by atoms with van der Waals surface area (Å²) in [6.07, 6.45) is 7.19. The normalized spacial score (nSPS) is 23.9. The molecule has 2 bridgehead atoms. The Kier molecular flexibility index (Phi) is 4.97. The van der Waals surface area contributed by atoms with Crippen LogP contribution in [0.4, 0.5) is 4.39 Å². The summed E-state index contributed by atoms with van der Waals surface area (Å²) in [4.78, 5) is 26.1. The smallest absolute Gasteiger partial charge is 0.256 e. The van der Waals surface area contributed by atoms with E-state index in [4.69, 9.17) is 4.74 Å². The van der Waals surface area contributed by atoms with Crippen LogP contribution < -0.4 is 4.74 Å². The highest BCUT2D eigenvalue weighted by Crippen LogP contribution is 2.42. The van der Waals surface area contributed by atoms with Crippen molar-refractivity contribution in [3.05, 3.63) is 72.4 Å². The number of hydrogen-bond donors (Lipinski definition) is 0. The number of fused-ring (bicyclic) bond motifs is 3. The van der Waals surface area contributed by atoms with Crippen LogP contribution >= 0.6 is 0 Å². The third-order valence-electron chi connectivity index (χ3n) is 7.03. The van der Waals surface area contributed by atoms with Crippen molar-refractivity contribution in [3.8, 4) is 11.6 Å². The standard InChI is InChI=1S/C25H23FN6O2/c1-15-16-6-9-23(34-24-14-27-20-13-17(26)7-8-19(20)30-24)22(12-16)31(15)25(33)18-4-2-3-5-21(18)32-28-10-11-29-32/h2-5,7-8,10-11,13-16,22-23H,6,9,12H2,1H3. The number of aromatic nitrogens is 5. The summed E-state index contributed by atoms with van der Waals surface area (Å²) in [5, 5.41) is 8.43. The van der Waals surface area contributed by atoms with Gasteiger partial charge in [-0.2, -0.15) is 15.0 Å². The third kappa shape index (κ3) is 3.48. The molecular weight excluding hydrogens is 435 g/mol. The molecule has 34 heavy (non-hydrogen) atoms. The minimum atomic E-state index is -0.353. The number of para-hydroxylation sites is 1. The lowest BCUT2D eigenvalue weighted by Crippen LogP contribution is -2.47. The molecule has 1 aliphatic heterocycles. The van der Waals surface area contributed by atoms with Gasteiger partial charge in [0.2, 0.25) is 5.88 Å². The van der Waals surface area contributed by atoms with E-state index in [0.717, 1.165) is 19.3 Å². The number of hydrogen-bond acceptors (Lipinski definition) is 6. The van der Waals surface area contributed by atoms with Gasteiger partial charge in [-0.3, -0.25) is 4.79 Å². The van der Waals surface area contributed by atoms with Gasteiger partial charge < -0.3 is 9.64 Å². The van der Waals surface area contributed by atoms with E-state index < -0.39 is 0 Å². The Bertz CT molecular complexity index is 1360. The molecule has 172 valence electrons. The van der Waals surface area contributed by atoms with E-state index in [1.807, 2.05) is 29.2 Å². The molecule has 1 aliphatic carbocycles. The first-order chi connectivity index (χ1) is 16.6. The van der Waals surface area contributed by atoms with Gasteiger partial charge in [-0.05, 0) is 56.4 Å². The molecule has 3 heterocycles. The molecule has 2 aliphatic rings. The third-order valence-corrected chi connectivity index (χ3v) is 7.03. The maximum absolute atomic E-state index is 13.9. The second kappa shape index (κ2) is 8.16. The molecule has 2 aromatic carbocycles. The number of likely N-dealkylation sites (tertiary alicyclic amines) is 1. The van der Waals surface area contributed by atoms with Crippen LogP contribution in [0.2, 0.25) is 0 Å². The summed E-state index contributed by atoms with van der Waals surface area (Å²) in [6, 6.07) is 11.7. The van der Waals surface area contributed by atoms with E-state index >= 15 is 0 Å². The molecule has 0 radical (unpaired) electrons. The molecule has 0 N–H and O–H groups in total. The number of carbonyl (C=O) groups is 1. The Labute approximate surface area is 195 Å². The predicted octanol–water partition coefficient (Wildman–Crippen LogP) is 3.81. The first kappa shape index (κ1) is 20.7.